The molecule has 0 unspecified atom stereocenters. The third-order valence-corrected chi connectivity index (χ3v) is 4.63. The van der Waals surface area contributed by atoms with Gasteiger partial charge in [0.2, 0.25) is 0 Å². The van der Waals surface area contributed by atoms with Gasteiger partial charge in [-0.05, 0) is 37.8 Å². The molecule has 3 rings (SSSR count). The minimum Gasteiger partial charge on any atom is -0.352 e. The average Bonchev–Trinajstić information content (AvgIpc) is 2.98. The molecule has 3 aliphatic rings. The molecule has 0 N–H and O–H groups in total. The SMILES string of the molecule is C=C(C)[C@@]12O[C@@H]1[C@]1(C)CCCCC1=CC2=O. The van der Waals surface area contributed by atoms with Crippen molar-refractivity contribution in [3.63, 3.8) is 0 Å². The number of carbonyl (C=O) groups excluding carboxylic acids is 1. The maximum Gasteiger partial charge on any atom is 0.194 e. The van der Waals surface area contributed by atoms with Gasteiger partial charge in [0.1, 0.15) is 6.10 Å². The van der Waals surface area contributed by atoms with E-state index in [4.69, 9.17) is 4.74 Å². The molecule has 0 aromatic carbocycles. The summed E-state index contributed by atoms with van der Waals surface area (Å²) in [5.41, 5.74) is 1.61. The van der Waals surface area contributed by atoms with Crippen LogP contribution in [0.2, 0.25) is 0 Å². The normalized spacial score (nSPS) is 45.5. The van der Waals surface area contributed by atoms with Gasteiger partial charge >= 0.3 is 0 Å². The monoisotopic (exact) mass is 218 g/mol. The second-order valence-electron chi connectivity index (χ2n) is 5.67. The minimum absolute atomic E-state index is 0.0605. The van der Waals surface area contributed by atoms with Crippen molar-refractivity contribution < 1.29 is 9.53 Å². The van der Waals surface area contributed by atoms with Crippen molar-refractivity contribution in [3.8, 4) is 0 Å². The summed E-state index contributed by atoms with van der Waals surface area (Å²) in [4.78, 5) is 12.1. The van der Waals surface area contributed by atoms with Gasteiger partial charge in [-0.2, -0.15) is 0 Å². The second kappa shape index (κ2) is 2.86. The van der Waals surface area contributed by atoms with Crippen molar-refractivity contribution in [2.75, 3.05) is 0 Å². The Morgan fingerprint density at radius 2 is 2.31 bits per heavy atom. The molecular weight excluding hydrogens is 200 g/mol. The molecule has 1 aliphatic heterocycles. The summed E-state index contributed by atoms with van der Waals surface area (Å²) in [6.07, 6.45) is 6.57. The molecule has 0 spiro atoms. The predicted octanol–water partition coefficient (Wildman–Crippen LogP) is 2.79. The summed E-state index contributed by atoms with van der Waals surface area (Å²) in [5.74, 6) is 0.124. The predicted molar refractivity (Wildman–Crippen MR) is 62.1 cm³/mol. The van der Waals surface area contributed by atoms with E-state index in [0.29, 0.717) is 0 Å². The molecule has 0 radical (unpaired) electrons. The van der Waals surface area contributed by atoms with E-state index in [9.17, 15) is 4.79 Å². The summed E-state index contributed by atoms with van der Waals surface area (Å²) >= 11 is 0. The summed E-state index contributed by atoms with van der Waals surface area (Å²) in [6.45, 7) is 8.09. The van der Waals surface area contributed by atoms with Crippen molar-refractivity contribution in [2.24, 2.45) is 5.41 Å². The first-order chi connectivity index (χ1) is 7.52. The molecule has 2 nitrogen and oxygen atoms in total. The molecule has 0 aromatic rings. The maximum absolute atomic E-state index is 12.1. The van der Waals surface area contributed by atoms with Crippen LogP contribution in [0.5, 0.6) is 0 Å². The Hall–Kier alpha value is -0.890. The first-order valence-corrected chi connectivity index (χ1v) is 6.11. The number of ketones is 1. The number of ether oxygens (including phenoxy) is 1. The fourth-order valence-corrected chi connectivity index (χ4v) is 3.51. The van der Waals surface area contributed by atoms with Crippen LogP contribution in [0.25, 0.3) is 0 Å². The van der Waals surface area contributed by atoms with Gasteiger partial charge in [-0.3, -0.25) is 4.79 Å². The lowest BCUT2D eigenvalue weighted by Crippen LogP contribution is -2.42. The number of rotatable bonds is 1. The number of hydrogen-bond acceptors (Lipinski definition) is 2. The van der Waals surface area contributed by atoms with E-state index in [2.05, 4.69) is 13.5 Å². The average molecular weight is 218 g/mol. The zero-order valence-corrected chi connectivity index (χ0v) is 10.0. The van der Waals surface area contributed by atoms with E-state index in [0.717, 1.165) is 18.4 Å². The first kappa shape index (κ1) is 10.3. The van der Waals surface area contributed by atoms with E-state index in [1.165, 1.54) is 18.4 Å². The molecule has 0 aromatic heterocycles. The van der Waals surface area contributed by atoms with Gasteiger partial charge in [-0.1, -0.05) is 25.5 Å². The van der Waals surface area contributed by atoms with Gasteiger partial charge in [0.15, 0.2) is 11.4 Å². The largest absolute Gasteiger partial charge is 0.352 e. The fourth-order valence-electron chi connectivity index (χ4n) is 3.51. The smallest absolute Gasteiger partial charge is 0.194 e. The molecule has 16 heavy (non-hydrogen) atoms. The summed E-state index contributed by atoms with van der Waals surface area (Å²) in [6, 6.07) is 0. The highest BCUT2D eigenvalue weighted by molar-refractivity contribution is 6.04. The van der Waals surface area contributed by atoms with Crippen LogP contribution in [-0.2, 0) is 9.53 Å². The summed E-state index contributed by atoms with van der Waals surface area (Å²) < 4.78 is 5.81. The Labute approximate surface area is 96.4 Å². The van der Waals surface area contributed by atoms with Crippen molar-refractivity contribution >= 4 is 5.78 Å². The molecule has 3 atom stereocenters. The van der Waals surface area contributed by atoms with Crippen molar-refractivity contribution in [1.29, 1.82) is 0 Å². The van der Waals surface area contributed by atoms with Gasteiger partial charge in [0.25, 0.3) is 0 Å². The van der Waals surface area contributed by atoms with Crippen LogP contribution in [0, 0.1) is 5.41 Å². The Morgan fingerprint density at radius 3 is 3.00 bits per heavy atom. The minimum atomic E-state index is -0.657. The lowest BCUT2D eigenvalue weighted by atomic mass is 9.62. The molecule has 1 saturated heterocycles. The van der Waals surface area contributed by atoms with Crippen LogP contribution >= 0.6 is 0 Å². The van der Waals surface area contributed by atoms with Crippen molar-refractivity contribution in [2.45, 2.75) is 51.2 Å². The lowest BCUT2D eigenvalue weighted by molar-refractivity contribution is -0.118. The van der Waals surface area contributed by atoms with Crippen LogP contribution in [0.3, 0.4) is 0 Å². The molecule has 1 saturated carbocycles. The molecule has 2 heteroatoms. The first-order valence-electron chi connectivity index (χ1n) is 6.11. The van der Waals surface area contributed by atoms with E-state index in [1.807, 2.05) is 13.0 Å². The molecule has 2 aliphatic carbocycles. The highest BCUT2D eigenvalue weighted by atomic mass is 16.6. The zero-order chi connectivity index (χ0) is 11.6. The summed E-state index contributed by atoms with van der Waals surface area (Å²) in [7, 11) is 0. The highest BCUT2D eigenvalue weighted by Gasteiger charge is 2.71. The van der Waals surface area contributed by atoms with E-state index < -0.39 is 5.60 Å². The lowest BCUT2D eigenvalue weighted by Gasteiger charge is -2.38. The Bertz CT molecular complexity index is 420. The third kappa shape index (κ3) is 0.988. The zero-order valence-electron chi connectivity index (χ0n) is 10.0. The number of hydrogen-bond donors (Lipinski definition) is 0. The van der Waals surface area contributed by atoms with Gasteiger partial charge < -0.3 is 4.74 Å². The number of fused-ring (bicyclic) bond motifs is 3. The van der Waals surface area contributed by atoms with E-state index in [1.54, 1.807) is 0 Å². The quantitative estimate of drug-likeness (QED) is 0.500. The highest BCUT2D eigenvalue weighted by Crippen LogP contribution is 2.61. The molecule has 1 heterocycles. The van der Waals surface area contributed by atoms with Gasteiger partial charge in [0, 0.05) is 5.41 Å². The molecule has 86 valence electrons. The molecule has 0 amide bonds. The standard InChI is InChI=1S/C14H18O2/c1-9(2)14-11(15)8-10-6-4-5-7-13(10,3)12(14)16-14/h8,12H,1,4-7H2,2-3H3/t12-,13-,14+/m1/s1. The number of epoxide rings is 1. The van der Waals surface area contributed by atoms with Crippen LogP contribution < -0.4 is 0 Å². The van der Waals surface area contributed by atoms with E-state index in [-0.39, 0.29) is 17.3 Å². The second-order valence-corrected chi connectivity index (χ2v) is 5.67. The Kier molecular flexibility index (Phi) is 1.84. The van der Waals surface area contributed by atoms with Gasteiger partial charge in [0.05, 0.1) is 0 Å². The van der Waals surface area contributed by atoms with Crippen molar-refractivity contribution in [3.05, 3.63) is 23.8 Å². The van der Waals surface area contributed by atoms with Crippen molar-refractivity contribution in [1.82, 2.24) is 0 Å². The number of carbonyl (C=O) groups is 1. The maximum atomic E-state index is 12.1. The fraction of sp³-hybridized carbons (Fsp3) is 0.643. The van der Waals surface area contributed by atoms with E-state index >= 15 is 0 Å². The van der Waals surface area contributed by atoms with Crippen LogP contribution in [-0.4, -0.2) is 17.5 Å². The molecular formula is C14H18O2. The van der Waals surface area contributed by atoms with Crippen LogP contribution in [0.1, 0.15) is 39.5 Å². The van der Waals surface area contributed by atoms with Gasteiger partial charge in [-0.15, -0.1) is 0 Å². The topological polar surface area (TPSA) is 29.6 Å². The third-order valence-electron chi connectivity index (χ3n) is 4.63. The van der Waals surface area contributed by atoms with Crippen LogP contribution in [0.15, 0.2) is 23.8 Å². The van der Waals surface area contributed by atoms with Gasteiger partial charge in [-0.25, -0.2) is 0 Å². The molecule has 2 fully saturated rings. The summed E-state index contributed by atoms with van der Waals surface area (Å²) in [5, 5.41) is 0. The Balaban J connectivity index is 2.08. The van der Waals surface area contributed by atoms with Crippen LogP contribution in [0.4, 0.5) is 0 Å². The molecule has 0 bridgehead atoms. The Morgan fingerprint density at radius 1 is 1.56 bits per heavy atom.